The maximum atomic E-state index is 13.8. The summed E-state index contributed by atoms with van der Waals surface area (Å²) >= 11 is 4.28. The smallest absolute Gasteiger partial charge is 0.493 e. The van der Waals surface area contributed by atoms with Crippen molar-refractivity contribution in [2.45, 2.75) is 181 Å². The first-order valence-corrected chi connectivity index (χ1v) is 46.3. The van der Waals surface area contributed by atoms with E-state index in [1.807, 2.05) is 92.6 Å². The molecule has 1 fully saturated rings. The van der Waals surface area contributed by atoms with Crippen LogP contribution in [0, 0.1) is 125 Å². The Hall–Kier alpha value is -15.3. The van der Waals surface area contributed by atoms with Gasteiger partial charge in [0.15, 0.2) is 0 Å². The summed E-state index contributed by atoms with van der Waals surface area (Å²) in [5.41, 5.74) is 16.7. The van der Waals surface area contributed by atoms with Crippen LogP contribution in [-0.2, 0) is 86.8 Å². The predicted molar refractivity (Wildman–Crippen MR) is 534 cm³/mol. The molecular weight excluding hydrogens is 1910 g/mol. The number of aliphatic hydroxyl groups excluding tert-OH is 1. The lowest BCUT2D eigenvalue weighted by molar-refractivity contribution is 0.119. The molecule has 0 heterocycles. The average Bonchev–Trinajstić information content (AvgIpc) is 1.66. The third-order valence-corrected chi connectivity index (χ3v) is 22.8. The molecule has 13 rings (SSSR count). The lowest BCUT2D eigenvalue weighted by atomic mass is 10.0. The second-order valence-corrected chi connectivity index (χ2v) is 33.3. The van der Waals surface area contributed by atoms with Crippen LogP contribution in [0.3, 0.4) is 0 Å². The number of hydrogen-bond acceptors (Lipinski definition) is 27. The molecular formula is C112H120F6O26S. The summed E-state index contributed by atoms with van der Waals surface area (Å²) in [5.74, 6) is 4.08. The maximum Gasteiger partial charge on any atom is 0.513 e. The molecule has 772 valence electrons. The third kappa shape index (κ3) is 34.0. The molecule has 1 N–H and O–H groups in total. The van der Waals surface area contributed by atoms with Crippen molar-refractivity contribution in [1.82, 2.24) is 0 Å². The van der Waals surface area contributed by atoms with E-state index in [0.717, 1.165) is 86.0 Å². The van der Waals surface area contributed by atoms with E-state index in [0.29, 0.717) is 143 Å². The Labute approximate surface area is 845 Å². The Balaban J connectivity index is 0.000000212. The lowest BCUT2D eigenvalue weighted by Crippen LogP contribution is -2.11. The molecule has 0 amide bonds. The minimum Gasteiger partial charge on any atom is -0.493 e. The normalized spacial score (nSPS) is 10.9. The predicted octanol–water partition coefficient (Wildman–Crippen LogP) is 27.1. The Morgan fingerprint density at radius 2 is 0.503 bits per heavy atom. The van der Waals surface area contributed by atoms with Gasteiger partial charge in [0, 0.05) is 70.0 Å². The summed E-state index contributed by atoms with van der Waals surface area (Å²) in [6.45, 7) is 27.9. The van der Waals surface area contributed by atoms with Crippen molar-refractivity contribution in [2.24, 2.45) is 0 Å². The van der Waals surface area contributed by atoms with Crippen molar-refractivity contribution in [2.75, 3.05) is 49.3 Å². The van der Waals surface area contributed by atoms with Crippen LogP contribution in [0.15, 0.2) is 182 Å². The first kappa shape index (κ1) is 115. The van der Waals surface area contributed by atoms with Gasteiger partial charge in [-0.05, 0) is 296 Å². The van der Waals surface area contributed by atoms with Gasteiger partial charge in [0.05, 0.1) is 61.4 Å². The van der Waals surface area contributed by atoms with Gasteiger partial charge in [-0.1, -0.05) is 73.7 Å². The van der Waals surface area contributed by atoms with Crippen molar-refractivity contribution in [3.63, 3.8) is 0 Å². The first-order chi connectivity index (χ1) is 69.2. The molecule has 33 heteroatoms. The molecule has 1 saturated carbocycles. The minimum absolute atomic E-state index is 0.00635. The van der Waals surface area contributed by atoms with Gasteiger partial charge in [-0.2, -0.15) is 12.6 Å². The van der Waals surface area contributed by atoms with E-state index in [4.69, 9.17) is 61.6 Å². The molecule has 1 aliphatic carbocycles. The van der Waals surface area contributed by atoms with Crippen LogP contribution in [-0.4, -0.2) is 91.3 Å². The number of ether oxygens (including phenoxy) is 19. The number of carbonyl (C=O) groups is 6. The third-order valence-electron chi connectivity index (χ3n) is 22.5. The summed E-state index contributed by atoms with van der Waals surface area (Å²) in [7, 11) is 7.42. The zero-order valence-corrected chi connectivity index (χ0v) is 85.6. The van der Waals surface area contributed by atoms with E-state index >= 15 is 0 Å². The van der Waals surface area contributed by atoms with Crippen molar-refractivity contribution in [3.8, 4) is 74.7 Å². The van der Waals surface area contributed by atoms with Crippen LogP contribution in [0.2, 0.25) is 0 Å². The fourth-order valence-corrected chi connectivity index (χ4v) is 14.6. The van der Waals surface area contributed by atoms with E-state index in [-0.39, 0.29) is 92.7 Å². The SMILES string of the molecule is CCOc1cccc(OC(=O)OC)c1COc1cc(F)c(C)cc1C.CCc1cccc(OC(=O)OC)c1COc1cc(F)c(C)cc1C.COC(=O)Oc1cccc(C)c1COc1cc(F)c(C)cc1C.COC(=O)Oc1cccc(C2CC2)c1COc1cc(F)c(C)cc1C.COC(=O)Oc1cccc(CO)c1COc1cc(F)c(C)cc1C.COC(=O)Oc1cccc(CS)c1COc1cc(F)c(C)cc1C. The molecule has 1 aliphatic rings. The number of methoxy groups -OCH3 is 6. The number of aliphatic hydroxyl groups is 1. The standard InChI is InChI=1S/C20H21FO4.C19H21FO5.C19H21FO4.C18H19FO5.C18H19FO4S.C18H19FO4/c1-12-9-13(2)19(10-17(12)21)24-11-16-15(14-7-8-14)5-4-6-18(16)25-20(22)23-3;1-5-23-16-7-6-8-17(25-19(21)22-4)14(16)11-24-18-10-15(20)12(2)9-13(18)3;1-5-14-7-6-8-17(24-19(21)22-4)15(14)11-23-18-10-16(20)12(2)9-13(18)3;1-11-7-12(2)17(8-15(11)19)23-10-14-13(9-20)5-4-6-16(14)24-18(21)22-3;1-11-7-12(2)17(8-15(11)19)22-9-14-13(10-24)5-4-6-16(14)23-18(20)21-3;1-11-6-5-7-16(23-18(20)21-4)14(11)10-22-17-9-15(19)12(2)8-13(17)3/h4-6,9-10,14H,7-8,11H2,1-3H3;6-10H,5,11H2,1-4H3;6-10H,5,11H2,1-4H3;4-8,20H,9-10H2,1-3H3;4-8,24H,9-10H2,1-3H3;5-9H,10H2,1-4H3. The van der Waals surface area contributed by atoms with Crippen molar-refractivity contribution < 1.29 is 150 Å². The van der Waals surface area contributed by atoms with Gasteiger partial charge in [0.25, 0.3) is 0 Å². The largest absolute Gasteiger partial charge is 0.513 e. The Morgan fingerprint density at radius 3 is 0.793 bits per heavy atom. The molecule has 145 heavy (non-hydrogen) atoms. The number of carbonyl (C=O) groups excluding carboxylic acids is 6. The molecule has 0 bridgehead atoms. The minimum atomic E-state index is -0.871. The lowest BCUT2D eigenvalue weighted by Gasteiger charge is -2.16. The zero-order chi connectivity index (χ0) is 106. The van der Waals surface area contributed by atoms with Gasteiger partial charge in [0.2, 0.25) is 0 Å². The van der Waals surface area contributed by atoms with E-state index in [2.05, 4.69) is 41.0 Å². The number of thiol groups is 1. The zero-order valence-electron chi connectivity index (χ0n) is 84.8. The quantitative estimate of drug-likeness (QED) is 0.0139. The van der Waals surface area contributed by atoms with Gasteiger partial charge in [-0.25, -0.2) is 55.1 Å². The van der Waals surface area contributed by atoms with Crippen LogP contribution in [0.25, 0.3) is 0 Å². The van der Waals surface area contributed by atoms with Crippen molar-refractivity contribution in [1.29, 1.82) is 0 Å². The van der Waals surface area contributed by atoms with E-state index in [9.17, 15) is 60.2 Å². The van der Waals surface area contributed by atoms with Gasteiger partial charge in [-0.15, -0.1) is 0 Å². The van der Waals surface area contributed by atoms with Gasteiger partial charge < -0.3 is 95.1 Å². The highest BCUT2D eigenvalue weighted by molar-refractivity contribution is 7.79. The summed E-state index contributed by atoms with van der Waals surface area (Å²) in [6, 6.07) is 50.0. The van der Waals surface area contributed by atoms with Crippen LogP contribution in [0.5, 0.6) is 74.7 Å². The number of hydrogen-bond donors (Lipinski definition) is 2. The molecule has 0 unspecified atom stereocenters. The summed E-state index contributed by atoms with van der Waals surface area (Å²) in [6.07, 6.45) is -1.93. The van der Waals surface area contributed by atoms with Crippen molar-refractivity contribution in [3.05, 3.63) is 345 Å². The fraction of sp³-hybridized carbons (Fsp3) is 0.304. The Kier molecular flexibility index (Phi) is 44.9. The molecule has 26 nitrogen and oxygen atoms in total. The molecule has 0 aliphatic heterocycles. The van der Waals surface area contributed by atoms with Crippen LogP contribution in [0.1, 0.15) is 161 Å². The van der Waals surface area contributed by atoms with Crippen LogP contribution >= 0.6 is 12.6 Å². The van der Waals surface area contributed by atoms with Gasteiger partial charge >= 0.3 is 36.9 Å². The molecule has 12 aromatic carbocycles. The van der Waals surface area contributed by atoms with E-state index < -0.39 is 36.9 Å². The van der Waals surface area contributed by atoms with Crippen molar-refractivity contribution >= 4 is 49.6 Å². The molecule has 0 aromatic heterocycles. The van der Waals surface area contributed by atoms with Crippen LogP contribution < -0.4 is 61.6 Å². The number of aryl methyl sites for hydroxylation is 14. The molecule has 0 atom stereocenters. The second kappa shape index (κ2) is 56.6. The Morgan fingerprint density at radius 1 is 0.269 bits per heavy atom. The second-order valence-electron chi connectivity index (χ2n) is 32.9. The first-order valence-electron chi connectivity index (χ1n) is 45.7. The monoisotopic (exact) mass is 2030 g/mol. The van der Waals surface area contributed by atoms with E-state index in [1.54, 1.807) is 157 Å². The molecule has 0 saturated heterocycles. The molecule has 12 aromatic rings. The maximum absolute atomic E-state index is 13.8. The topological polar surface area (TPSA) is 298 Å². The van der Waals surface area contributed by atoms with E-state index in [1.165, 1.54) is 79.1 Å². The van der Waals surface area contributed by atoms with Gasteiger partial charge in [-0.3, -0.25) is 0 Å². The highest BCUT2D eigenvalue weighted by Crippen LogP contribution is 2.45. The summed E-state index contributed by atoms with van der Waals surface area (Å²) in [5, 5.41) is 9.48. The van der Waals surface area contributed by atoms with Gasteiger partial charge in [0.1, 0.15) is 149 Å². The van der Waals surface area contributed by atoms with Crippen LogP contribution in [0.4, 0.5) is 55.1 Å². The highest BCUT2D eigenvalue weighted by atomic mass is 32.1. The average molecular weight is 2030 g/mol. The number of halogens is 6. The Bertz CT molecular complexity index is 6200. The molecule has 0 spiro atoms. The molecule has 0 radical (unpaired) electrons. The summed E-state index contributed by atoms with van der Waals surface area (Å²) in [4.78, 5) is 68.4. The summed E-state index contributed by atoms with van der Waals surface area (Å²) < 4.78 is 181. The fourth-order valence-electron chi connectivity index (χ4n) is 14.3. The highest BCUT2D eigenvalue weighted by Gasteiger charge is 2.30. The number of rotatable bonds is 30. The number of benzene rings is 12.